The molecule has 0 saturated carbocycles. The lowest BCUT2D eigenvalue weighted by atomic mass is 10.1. The van der Waals surface area contributed by atoms with Gasteiger partial charge in [-0.15, -0.1) is 10.2 Å². The van der Waals surface area contributed by atoms with Crippen molar-refractivity contribution in [3.05, 3.63) is 54.3 Å². The van der Waals surface area contributed by atoms with Crippen molar-refractivity contribution in [3.63, 3.8) is 0 Å². The number of likely N-dealkylation sites (N-methyl/N-ethyl adjacent to an activating group) is 1. The summed E-state index contributed by atoms with van der Waals surface area (Å²) in [4.78, 5) is 14.2. The Labute approximate surface area is 155 Å². The molecule has 1 N–H and O–H groups in total. The zero-order chi connectivity index (χ0) is 18.4. The Bertz CT molecular complexity index is 818. The van der Waals surface area contributed by atoms with Crippen LogP contribution in [0.15, 0.2) is 62.8 Å². The van der Waals surface area contributed by atoms with Gasteiger partial charge in [0.2, 0.25) is 5.91 Å². The highest BCUT2D eigenvalue weighted by molar-refractivity contribution is 7.99. The highest BCUT2D eigenvalue weighted by atomic mass is 32.2. The van der Waals surface area contributed by atoms with Gasteiger partial charge in [-0.3, -0.25) is 4.79 Å². The van der Waals surface area contributed by atoms with E-state index in [1.54, 1.807) is 12.1 Å². The Hall–Kier alpha value is -2.58. The number of carbonyl (C=O) groups is 1. The number of aromatic nitrogens is 2. The van der Waals surface area contributed by atoms with Crippen molar-refractivity contribution in [2.45, 2.75) is 11.3 Å². The first-order valence-corrected chi connectivity index (χ1v) is 9.10. The van der Waals surface area contributed by atoms with E-state index < -0.39 is 0 Å². The molecule has 0 saturated heterocycles. The van der Waals surface area contributed by atoms with Crippen molar-refractivity contribution >= 4 is 17.7 Å². The smallest absolute Gasteiger partial charge is 0.284 e. The lowest BCUT2D eigenvalue weighted by molar-refractivity contribution is -0.118. The molecule has 0 aliphatic carbocycles. The second kappa shape index (κ2) is 8.68. The summed E-state index contributed by atoms with van der Waals surface area (Å²) in [6.07, 6.45) is 1.54. The molecule has 2 heterocycles. The molecule has 1 atom stereocenters. The highest BCUT2D eigenvalue weighted by Gasteiger charge is 2.16. The summed E-state index contributed by atoms with van der Waals surface area (Å²) in [6.45, 7) is 0.526. The number of nitrogens with one attached hydrogen (secondary N) is 1. The molecule has 2 aromatic heterocycles. The molecule has 3 rings (SSSR count). The van der Waals surface area contributed by atoms with Crippen LogP contribution in [0.1, 0.15) is 11.6 Å². The third-order valence-corrected chi connectivity index (χ3v) is 4.58. The third-order valence-electron chi connectivity index (χ3n) is 3.77. The molecule has 0 spiro atoms. The van der Waals surface area contributed by atoms with E-state index in [0.29, 0.717) is 23.4 Å². The molecule has 26 heavy (non-hydrogen) atoms. The summed E-state index contributed by atoms with van der Waals surface area (Å²) in [5.74, 6) is 0.921. The fourth-order valence-electron chi connectivity index (χ4n) is 2.43. The number of nitrogens with zero attached hydrogens (tertiary/aromatic N) is 3. The lowest BCUT2D eigenvalue weighted by Crippen LogP contribution is -2.35. The Morgan fingerprint density at radius 3 is 2.69 bits per heavy atom. The van der Waals surface area contributed by atoms with Gasteiger partial charge in [-0.05, 0) is 31.8 Å². The third kappa shape index (κ3) is 4.74. The number of rotatable bonds is 8. The molecule has 7 nitrogen and oxygen atoms in total. The van der Waals surface area contributed by atoms with E-state index in [9.17, 15) is 4.79 Å². The molecule has 0 fully saturated rings. The van der Waals surface area contributed by atoms with Crippen LogP contribution in [0.2, 0.25) is 0 Å². The largest absolute Gasteiger partial charge is 0.459 e. The fourth-order valence-corrected chi connectivity index (χ4v) is 3.02. The van der Waals surface area contributed by atoms with Crippen molar-refractivity contribution < 1.29 is 13.6 Å². The van der Waals surface area contributed by atoms with E-state index in [0.717, 1.165) is 5.56 Å². The highest BCUT2D eigenvalue weighted by Crippen LogP contribution is 2.23. The number of hydrogen-bond donors (Lipinski definition) is 1. The zero-order valence-corrected chi connectivity index (χ0v) is 15.4. The van der Waals surface area contributed by atoms with Crippen LogP contribution in [0.4, 0.5) is 0 Å². The van der Waals surface area contributed by atoms with Crippen molar-refractivity contribution in [1.82, 2.24) is 20.4 Å². The van der Waals surface area contributed by atoms with Crippen LogP contribution in [0.3, 0.4) is 0 Å². The Morgan fingerprint density at radius 1 is 1.19 bits per heavy atom. The van der Waals surface area contributed by atoms with Gasteiger partial charge in [0.1, 0.15) is 0 Å². The molecule has 1 amide bonds. The average molecular weight is 372 g/mol. The van der Waals surface area contributed by atoms with Crippen LogP contribution < -0.4 is 5.32 Å². The minimum Gasteiger partial charge on any atom is -0.459 e. The number of amides is 1. The molecular weight excluding hydrogens is 352 g/mol. The normalized spacial score (nSPS) is 12.3. The topological polar surface area (TPSA) is 84.4 Å². The van der Waals surface area contributed by atoms with E-state index >= 15 is 0 Å². The Morgan fingerprint density at radius 2 is 2.00 bits per heavy atom. The first-order chi connectivity index (χ1) is 12.6. The van der Waals surface area contributed by atoms with Gasteiger partial charge < -0.3 is 19.1 Å². The maximum absolute atomic E-state index is 12.2. The van der Waals surface area contributed by atoms with E-state index in [4.69, 9.17) is 8.83 Å². The van der Waals surface area contributed by atoms with Gasteiger partial charge >= 0.3 is 0 Å². The van der Waals surface area contributed by atoms with E-state index in [1.807, 2.05) is 32.3 Å². The van der Waals surface area contributed by atoms with Crippen LogP contribution in [-0.2, 0) is 4.79 Å². The average Bonchev–Trinajstić information content (AvgIpc) is 3.32. The van der Waals surface area contributed by atoms with Gasteiger partial charge in [0, 0.05) is 6.54 Å². The van der Waals surface area contributed by atoms with Crippen molar-refractivity contribution in [3.8, 4) is 11.7 Å². The first kappa shape index (κ1) is 18.2. The summed E-state index contributed by atoms with van der Waals surface area (Å²) < 4.78 is 10.7. The van der Waals surface area contributed by atoms with Gasteiger partial charge in [-0.25, -0.2) is 0 Å². The van der Waals surface area contributed by atoms with Gasteiger partial charge in [0.15, 0.2) is 5.76 Å². The van der Waals surface area contributed by atoms with Crippen molar-refractivity contribution in [1.29, 1.82) is 0 Å². The molecule has 0 unspecified atom stereocenters. The molecule has 3 aromatic rings. The molecule has 1 aromatic carbocycles. The van der Waals surface area contributed by atoms with Gasteiger partial charge in [-0.1, -0.05) is 42.1 Å². The second-order valence-electron chi connectivity index (χ2n) is 5.83. The fraction of sp³-hybridized carbons (Fsp3) is 0.278. The standard InChI is InChI=1S/C18H20N4O3S/c1-22(2)14(13-7-4-3-5-8-13)11-19-16(23)12-26-18-21-20-17(25-18)15-9-6-10-24-15/h3-10,14H,11-12H2,1-2H3,(H,19,23)/t14-/m0/s1. The van der Waals surface area contributed by atoms with Crippen LogP contribution in [0, 0.1) is 0 Å². The summed E-state index contributed by atoms with van der Waals surface area (Å²) in [7, 11) is 3.99. The van der Waals surface area contributed by atoms with Crippen molar-refractivity contribution in [2.75, 3.05) is 26.4 Å². The number of thioether (sulfide) groups is 1. The molecule has 0 radical (unpaired) electrons. The van der Waals surface area contributed by atoms with E-state index in [2.05, 4.69) is 32.5 Å². The van der Waals surface area contributed by atoms with Gasteiger partial charge in [0.05, 0.1) is 18.1 Å². The first-order valence-electron chi connectivity index (χ1n) is 8.11. The predicted octanol–water partition coefficient (Wildman–Crippen LogP) is 2.84. The van der Waals surface area contributed by atoms with Gasteiger partial charge in [0.25, 0.3) is 11.1 Å². The summed E-state index contributed by atoms with van der Waals surface area (Å²) >= 11 is 1.19. The molecule has 0 bridgehead atoms. The van der Waals surface area contributed by atoms with Gasteiger partial charge in [-0.2, -0.15) is 0 Å². The quantitative estimate of drug-likeness (QED) is 0.609. The summed E-state index contributed by atoms with van der Waals surface area (Å²) in [5, 5.41) is 11.1. The number of benzene rings is 1. The molecule has 136 valence electrons. The van der Waals surface area contributed by atoms with Crippen LogP contribution in [-0.4, -0.2) is 47.4 Å². The van der Waals surface area contributed by atoms with Crippen LogP contribution in [0.25, 0.3) is 11.7 Å². The number of hydrogen-bond acceptors (Lipinski definition) is 7. The molecule has 0 aliphatic heterocycles. The van der Waals surface area contributed by atoms with Crippen LogP contribution >= 0.6 is 11.8 Å². The lowest BCUT2D eigenvalue weighted by Gasteiger charge is -2.25. The summed E-state index contributed by atoms with van der Waals surface area (Å²) in [6, 6.07) is 13.7. The SMILES string of the molecule is CN(C)[C@@H](CNC(=O)CSc1nnc(-c2ccco2)o1)c1ccccc1. The maximum Gasteiger partial charge on any atom is 0.284 e. The molecule has 8 heteroatoms. The number of furan rings is 1. The second-order valence-corrected chi connectivity index (χ2v) is 6.76. The predicted molar refractivity (Wildman–Crippen MR) is 98.6 cm³/mol. The Balaban J connectivity index is 1.49. The minimum absolute atomic E-state index is 0.0875. The maximum atomic E-state index is 12.2. The minimum atomic E-state index is -0.0875. The molecule has 0 aliphatic rings. The van der Waals surface area contributed by atoms with Crippen molar-refractivity contribution in [2.24, 2.45) is 0 Å². The van der Waals surface area contributed by atoms with E-state index in [1.165, 1.54) is 18.0 Å². The van der Waals surface area contributed by atoms with Crippen LogP contribution in [0.5, 0.6) is 0 Å². The van der Waals surface area contributed by atoms with E-state index in [-0.39, 0.29) is 17.7 Å². The zero-order valence-electron chi connectivity index (χ0n) is 14.6. The Kier molecular flexibility index (Phi) is 6.08. The summed E-state index contributed by atoms with van der Waals surface area (Å²) in [5.41, 5.74) is 1.16. The molecular formula is C18H20N4O3S. The number of carbonyl (C=O) groups excluding carboxylic acids is 1. The monoisotopic (exact) mass is 372 g/mol.